The highest BCUT2D eigenvalue weighted by molar-refractivity contribution is 7.86. The van der Waals surface area contributed by atoms with Gasteiger partial charge in [-0.05, 0) is 49.2 Å². The summed E-state index contributed by atoms with van der Waals surface area (Å²) in [6.45, 7) is 7.39. The van der Waals surface area contributed by atoms with Crippen molar-refractivity contribution < 1.29 is 25.9 Å². The third-order valence-electron chi connectivity index (χ3n) is 3.77. The quantitative estimate of drug-likeness (QED) is 0.314. The Kier molecular flexibility index (Phi) is 7.16. The number of rotatable bonds is 5. The number of aliphatic imine (C=N–C) groups is 1. The van der Waals surface area contributed by atoms with Gasteiger partial charge in [0, 0.05) is 10.8 Å². The first kappa shape index (κ1) is 23.3. The summed E-state index contributed by atoms with van der Waals surface area (Å²) in [7, 11) is -9.35. The Labute approximate surface area is 174 Å². The van der Waals surface area contributed by atoms with Crippen LogP contribution in [0, 0.1) is 0 Å². The van der Waals surface area contributed by atoms with E-state index in [-0.39, 0.29) is 16.5 Å². The van der Waals surface area contributed by atoms with Crippen LogP contribution < -0.4 is 0 Å². The first-order valence-corrected chi connectivity index (χ1v) is 11.5. The van der Waals surface area contributed by atoms with E-state index < -0.39 is 30.0 Å². The summed E-state index contributed by atoms with van der Waals surface area (Å²) < 4.78 is 65.7. The molecular formula is C19H19N3O6S2. The van der Waals surface area contributed by atoms with Gasteiger partial charge in [0.05, 0.1) is 17.1 Å². The molecule has 0 heterocycles. The lowest BCUT2D eigenvalue weighted by Crippen LogP contribution is -2.03. The van der Waals surface area contributed by atoms with Crippen molar-refractivity contribution in [2.45, 2.75) is 23.6 Å². The molecule has 0 atom stereocenters. The molecule has 0 aliphatic heterocycles. The largest absolute Gasteiger partial charge is 0.295 e. The van der Waals surface area contributed by atoms with E-state index in [1.807, 2.05) is 13.8 Å². The Balaban J connectivity index is 0.00000155. The fourth-order valence-corrected chi connectivity index (χ4v) is 3.97. The summed E-state index contributed by atoms with van der Waals surface area (Å²) in [6.07, 6.45) is 0. The van der Waals surface area contributed by atoms with Crippen LogP contribution in [0.1, 0.15) is 13.8 Å². The van der Waals surface area contributed by atoms with Crippen LogP contribution in [0.5, 0.6) is 0 Å². The predicted octanol–water partition coefficient (Wildman–Crippen LogP) is 5.11. The van der Waals surface area contributed by atoms with Gasteiger partial charge >= 0.3 is 0 Å². The van der Waals surface area contributed by atoms with E-state index in [0.717, 1.165) is 12.1 Å². The molecule has 3 aromatic rings. The van der Waals surface area contributed by atoms with Gasteiger partial charge in [0.2, 0.25) is 0 Å². The van der Waals surface area contributed by atoms with Crippen LogP contribution in [0.4, 0.5) is 17.1 Å². The van der Waals surface area contributed by atoms with Gasteiger partial charge in [-0.3, -0.25) is 14.1 Å². The molecule has 0 bridgehead atoms. The van der Waals surface area contributed by atoms with E-state index in [2.05, 4.69) is 21.9 Å². The average molecular weight is 450 g/mol. The van der Waals surface area contributed by atoms with Crippen molar-refractivity contribution in [2.75, 3.05) is 0 Å². The fourth-order valence-electron chi connectivity index (χ4n) is 2.55. The molecule has 0 fully saturated rings. The molecule has 11 heteroatoms. The van der Waals surface area contributed by atoms with Crippen molar-refractivity contribution in [1.82, 2.24) is 0 Å². The maximum Gasteiger partial charge on any atom is 0.295 e. The molecule has 0 unspecified atom stereocenters. The molecule has 0 saturated heterocycles. The third-order valence-corrected chi connectivity index (χ3v) is 5.58. The minimum absolute atomic E-state index is 0.0397. The van der Waals surface area contributed by atoms with Gasteiger partial charge in [0.15, 0.2) is 0 Å². The van der Waals surface area contributed by atoms with E-state index in [1.54, 1.807) is 24.3 Å². The average Bonchev–Trinajstić information content (AvgIpc) is 2.71. The Bertz CT molecular complexity index is 1320. The van der Waals surface area contributed by atoms with Crippen LogP contribution in [0.2, 0.25) is 0 Å². The lowest BCUT2D eigenvalue weighted by molar-refractivity contribution is 0.481. The first-order valence-electron chi connectivity index (χ1n) is 8.60. The van der Waals surface area contributed by atoms with Gasteiger partial charge in [-0.25, -0.2) is 0 Å². The smallest absolute Gasteiger partial charge is 0.282 e. The topological polar surface area (TPSA) is 146 Å². The minimum Gasteiger partial charge on any atom is -0.282 e. The lowest BCUT2D eigenvalue weighted by Gasteiger charge is -2.08. The molecule has 0 saturated carbocycles. The number of benzene rings is 3. The molecule has 0 aromatic heterocycles. The van der Waals surface area contributed by atoms with Gasteiger partial charge in [-0.2, -0.15) is 27.1 Å². The zero-order valence-corrected chi connectivity index (χ0v) is 17.7. The van der Waals surface area contributed by atoms with Crippen molar-refractivity contribution in [3.63, 3.8) is 0 Å². The lowest BCUT2D eigenvalue weighted by atomic mass is 10.1. The molecule has 0 aliphatic rings. The molecule has 158 valence electrons. The monoisotopic (exact) mass is 449 g/mol. The van der Waals surface area contributed by atoms with E-state index in [9.17, 15) is 25.9 Å². The second-order valence-corrected chi connectivity index (χ2v) is 8.40. The van der Waals surface area contributed by atoms with Crippen LogP contribution in [0.25, 0.3) is 10.8 Å². The van der Waals surface area contributed by atoms with E-state index in [1.165, 1.54) is 18.2 Å². The SMILES string of the molecule is C=Nc1ccc(N=Nc2cc(S(=O)(=O)O)c3cccc(S(=O)(=O)O)c3c2)cc1.CC. The summed E-state index contributed by atoms with van der Waals surface area (Å²) in [5.41, 5.74) is 1.00. The van der Waals surface area contributed by atoms with Gasteiger partial charge in [-0.1, -0.05) is 26.0 Å². The highest BCUT2D eigenvalue weighted by Crippen LogP contribution is 2.33. The van der Waals surface area contributed by atoms with Crippen LogP contribution in [-0.2, 0) is 20.2 Å². The number of fused-ring (bicyclic) bond motifs is 1. The third kappa shape index (κ3) is 5.33. The second-order valence-electron chi connectivity index (χ2n) is 5.62. The van der Waals surface area contributed by atoms with E-state index in [0.29, 0.717) is 11.4 Å². The Morgan fingerprint density at radius 2 is 1.23 bits per heavy atom. The van der Waals surface area contributed by atoms with Gasteiger partial charge < -0.3 is 0 Å². The number of hydrogen-bond acceptors (Lipinski definition) is 7. The highest BCUT2D eigenvalue weighted by atomic mass is 32.2. The highest BCUT2D eigenvalue weighted by Gasteiger charge is 2.21. The van der Waals surface area contributed by atoms with Crippen LogP contribution >= 0.6 is 0 Å². The number of hydrogen-bond donors (Lipinski definition) is 2. The molecule has 2 N–H and O–H groups in total. The maximum absolute atomic E-state index is 11.8. The molecule has 9 nitrogen and oxygen atoms in total. The zero-order chi connectivity index (χ0) is 22.5. The standard InChI is InChI=1S/C17H13N3O6S2.C2H6/c1-18-11-5-7-12(8-6-11)19-20-13-9-15-14(17(10-13)28(24,25)26)3-2-4-16(15)27(21,22)23;1-2/h2-10H,1H2,(H,21,22,23)(H,24,25,26);1-2H3. The minimum atomic E-state index is -4.70. The van der Waals surface area contributed by atoms with Gasteiger partial charge in [0.1, 0.15) is 9.79 Å². The zero-order valence-electron chi connectivity index (χ0n) is 16.1. The summed E-state index contributed by atoms with van der Waals surface area (Å²) in [6, 6.07) is 12.4. The van der Waals surface area contributed by atoms with Crippen LogP contribution in [0.3, 0.4) is 0 Å². The summed E-state index contributed by atoms with van der Waals surface area (Å²) in [4.78, 5) is 2.66. The molecule has 0 spiro atoms. The second kappa shape index (κ2) is 9.22. The molecule has 30 heavy (non-hydrogen) atoms. The van der Waals surface area contributed by atoms with Crippen molar-refractivity contribution in [3.05, 3.63) is 54.6 Å². The normalized spacial score (nSPS) is 11.9. The molecule has 0 amide bonds. The number of azo groups is 1. The maximum atomic E-state index is 11.8. The van der Waals surface area contributed by atoms with Gasteiger partial charge in [-0.15, -0.1) is 0 Å². The molecule has 3 rings (SSSR count). The fraction of sp³-hybridized carbons (Fsp3) is 0.105. The Morgan fingerprint density at radius 1 is 0.700 bits per heavy atom. The Morgan fingerprint density at radius 3 is 1.77 bits per heavy atom. The Hall–Kier alpha value is -2.99. The molecule has 0 aliphatic carbocycles. The van der Waals surface area contributed by atoms with Gasteiger partial charge in [0.25, 0.3) is 20.2 Å². The predicted molar refractivity (Wildman–Crippen MR) is 115 cm³/mol. The molecule has 3 aromatic carbocycles. The summed E-state index contributed by atoms with van der Waals surface area (Å²) in [5, 5.41) is 7.64. The molecular weight excluding hydrogens is 430 g/mol. The van der Waals surface area contributed by atoms with Crippen molar-refractivity contribution in [1.29, 1.82) is 0 Å². The first-order chi connectivity index (χ1) is 14.1. The molecule has 0 radical (unpaired) electrons. The van der Waals surface area contributed by atoms with Crippen molar-refractivity contribution in [3.8, 4) is 0 Å². The number of nitrogens with zero attached hydrogens (tertiary/aromatic N) is 3. The van der Waals surface area contributed by atoms with Crippen molar-refractivity contribution >= 4 is 54.8 Å². The summed E-state index contributed by atoms with van der Waals surface area (Å²) in [5.74, 6) is 0. The van der Waals surface area contributed by atoms with E-state index >= 15 is 0 Å². The van der Waals surface area contributed by atoms with Crippen molar-refractivity contribution in [2.24, 2.45) is 15.2 Å². The van der Waals surface area contributed by atoms with Crippen LogP contribution in [-0.4, -0.2) is 32.7 Å². The van der Waals surface area contributed by atoms with Crippen LogP contribution in [0.15, 0.2) is 79.6 Å². The van der Waals surface area contributed by atoms with E-state index in [4.69, 9.17) is 0 Å². The summed E-state index contributed by atoms with van der Waals surface area (Å²) >= 11 is 0.